The largest absolute Gasteiger partial charge is 0.300 e. The summed E-state index contributed by atoms with van der Waals surface area (Å²) in [7, 11) is 0. The van der Waals surface area contributed by atoms with Crippen LogP contribution < -0.4 is 0 Å². The molecule has 5 aromatic carbocycles. The summed E-state index contributed by atoms with van der Waals surface area (Å²) in [6.45, 7) is 2.28. The molecule has 0 aliphatic heterocycles. The predicted molar refractivity (Wildman–Crippen MR) is 272 cm³/mol. The third-order valence-electron chi connectivity index (χ3n) is 17.2. The standard InChI is InChI=1S/C64H51N/c1-2-35(36-14-5-3-6-15-36)33-55(65)62-54-34-52-43-21-10-9-20-42(43)46-24-13-25-48(58(46)52)60(54)57(38-16-7-4-8-17-38)63-49-29-28-41(59-50-31-40(50)32-53(61(49)59)64(62)63)39-26-27-44-45-22-11-18-37-19-12-23-47(56(37)45)51(44)30-39/h3,5,7,9-14,16-17,19-27,30,32-34,37,41,44,49,51,65H,2,4,6,8,15,18,28-29,31H2,1H3/b35-33+,65-55?. The third-order valence-corrected chi connectivity index (χ3v) is 17.2. The molecule has 5 unspecified atom stereocenters. The van der Waals surface area contributed by atoms with Crippen molar-refractivity contribution >= 4 is 32.8 Å². The van der Waals surface area contributed by atoms with Gasteiger partial charge in [-0.1, -0.05) is 141 Å². The van der Waals surface area contributed by atoms with Crippen LogP contribution in [0.5, 0.6) is 0 Å². The van der Waals surface area contributed by atoms with Gasteiger partial charge in [-0.15, -0.1) is 0 Å². The average molecular weight is 834 g/mol. The SMILES string of the molecule is CC/C(=C\C(=N)c1c2c(c(C3=CCCC=C3)c3c1cc1c4c(cccc43)-c3ccccc3-1)C1CCC(C3=CC4C5=CC=CC6CC=CC(=C56)C4C=C3)c3c4c(cc-2c31)C4)C1=CC=CCC1. The Balaban J connectivity index is 1.00. The van der Waals surface area contributed by atoms with Crippen LogP contribution in [0.15, 0.2) is 179 Å². The Morgan fingerprint density at radius 1 is 0.723 bits per heavy atom. The van der Waals surface area contributed by atoms with Crippen molar-refractivity contribution in [3.05, 3.63) is 218 Å². The molecule has 312 valence electrons. The molecular weight excluding hydrogens is 783 g/mol. The lowest BCUT2D eigenvalue weighted by Crippen LogP contribution is -2.19. The van der Waals surface area contributed by atoms with Gasteiger partial charge in [-0.05, 0) is 197 Å². The molecule has 0 saturated carbocycles. The Morgan fingerprint density at radius 2 is 1.62 bits per heavy atom. The van der Waals surface area contributed by atoms with E-state index in [1.54, 1.807) is 33.4 Å². The number of benzene rings is 5. The smallest absolute Gasteiger partial charge is 0.0627 e. The highest BCUT2D eigenvalue weighted by Gasteiger charge is 2.47. The van der Waals surface area contributed by atoms with E-state index < -0.39 is 0 Å². The van der Waals surface area contributed by atoms with E-state index in [0.717, 1.165) is 63.4 Å². The molecule has 65 heavy (non-hydrogen) atoms. The number of nitrogens with one attached hydrogen (secondary N) is 1. The lowest BCUT2D eigenvalue weighted by molar-refractivity contribution is 0.559. The second kappa shape index (κ2) is 13.5. The van der Waals surface area contributed by atoms with E-state index in [1.807, 2.05) is 0 Å². The molecule has 15 rings (SSSR count). The van der Waals surface area contributed by atoms with Gasteiger partial charge in [0.2, 0.25) is 0 Å². The van der Waals surface area contributed by atoms with E-state index in [-0.39, 0.29) is 0 Å². The lowest BCUT2D eigenvalue weighted by atomic mass is 9.69. The van der Waals surface area contributed by atoms with E-state index in [1.165, 1.54) is 93.9 Å². The summed E-state index contributed by atoms with van der Waals surface area (Å²) in [5.41, 5.74) is 29.5. The molecule has 1 nitrogen and oxygen atoms in total. The maximum Gasteiger partial charge on any atom is 0.0627 e. The minimum Gasteiger partial charge on any atom is -0.300 e. The normalized spacial score (nSPS) is 25.2. The van der Waals surface area contributed by atoms with Crippen LogP contribution in [-0.2, 0) is 6.42 Å². The van der Waals surface area contributed by atoms with Crippen molar-refractivity contribution in [3.63, 3.8) is 0 Å². The van der Waals surface area contributed by atoms with Crippen molar-refractivity contribution in [2.45, 2.75) is 76.5 Å². The molecule has 1 heteroatoms. The van der Waals surface area contributed by atoms with Crippen LogP contribution in [0.1, 0.15) is 109 Å². The molecule has 5 aromatic rings. The van der Waals surface area contributed by atoms with Gasteiger partial charge in [0.15, 0.2) is 0 Å². The first-order valence-electron chi connectivity index (χ1n) is 24.7. The Morgan fingerprint density at radius 3 is 2.48 bits per heavy atom. The van der Waals surface area contributed by atoms with Crippen molar-refractivity contribution in [2.24, 2.45) is 17.8 Å². The van der Waals surface area contributed by atoms with Crippen LogP contribution >= 0.6 is 0 Å². The van der Waals surface area contributed by atoms with Gasteiger partial charge in [-0.2, -0.15) is 0 Å². The van der Waals surface area contributed by atoms with E-state index in [0.29, 0.717) is 35.3 Å². The molecule has 0 heterocycles. The zero-order chi connectivity index (χ0) is 42.7. The fourth-order valence-electron chi connectivity index (χ4n) is 14.5. The second-order valence-electron chi connectivity index (χ2n) is 20.3. The number of hydrogen-bond donors (Lipinski definition) is 1. The van der Waals surface area contributed by atoms with Crippen molar-refractivity contribution in [3.8, 4) is 33.4 Å². The van der Waals surface area contributed by atoms with Gasteiger partial charge in [0.1, 0.15) is 0 Å². The molecule has 10 aliphatic rings. The van der Waals surface area contributed by atoms with Gasteiger partial charge in [0.25, 0.3) is 0 Å². The maximum atomic E-state index is 10.5. The quantitative estimate of drug-likeness (QED) is 0.127. The second-order valence-corrected chi connectivity index (χ2v) is 20.3. The van der Waals surface area contributed by atoms with E-state index in [9.17, 15) is 5.41 Å². The minimum absolute atomic E-state index is 0.291. The number of rotatable bonds is 6. The summed E-state index contributed by atoms with van der Waals surface area (Å²) in [6, 6.07) is 21.2. The number of allylic oxidation sites excluding steroid dienone is 22. The van der Waals surface area contributed by atoms with Gasteiger partial charge in [-0.3, -0.25) is 0 Å². The summed E-state index contributed by atoms with van der Waals surface area (Å²) in [6.07, 6.45) is 46.0. The van der Waals surface area contributed by atoms with Crippen LogP contribution in [0, 0.1) is 23.2 Å². The van der Waals surface area contributed by atoms with Gasteiger partial charge in [-0.25, -0.2) is 0 Å². The Bertz CT molecular complexity index is 3490. The van der Waals surface area contributed by atoms with Gasteiger partial charge in [0, 0.05) is 35.2 Å². The molecule has 0 saturated heterocycles. The number of fused-ring (bicyclic) bond motifs is 13. The summed E-state index contributed by atoms with van der Waals surface area (Å²) in [4.78, 5) is 0. The summed E-state index contributed by atoms with van der Waals surface area (Å²) in [5, 5.41) is 15.8. The van der Waals surface area contributed by atoms with Gasteiger partial charge in [0.05, 0.1) is 5.71 Å². The summed E-state index contributed by atoms with van der Waals surface area (Å²) < 4.78 is 0. The van der Waals surface area contributed by atoms with Crippen LogP contribution in [0.3, 0.4) is 0 Å². The molecule has 5 atom stereocenters. The summed E-state index contributed by atoms with van der Waals surface area (Å²) in [5.74, 6) is 2.08. The Hall–Kier alpha value is -6.57. The fourth-order valence-corrected chi connectivity index (χ4v) is 14.5. The molecular formula is C64H51N. The van der Waals surface area contributed by atoms with E-state index >= 15 is 0 Å². The molecule has 0 aromatic heterocycles. The van der Waals surface area contributed by atoms with Gasteiger partial charge < -0.3 is 5.41 Å². The van der Waals surface area contributed by atoms with E-state index in [2.05, 4.69) is 153 Å². The topological polar surface area (TPSA) is 23.9 Å². The van der Waals surface area contributed by atoms with Gasteiger partial charge >= 0.3 is 0 Å². The van der Waals surface area contributed by atoms with Crippen molar-refractivity contribution in [1.29, 1.82) is 5.41 Å². The highest BCUT2D eigenvalue weighted by Crippen LogP contribution is 2.64. The first-order valence-corrected chi connectivity index (χ1v) is 24.7. The molecule has 0 radical (unpaired) electrons. The van der Waals surface area contributed by atoms with Crippen molar-refractivity contribution in [2.75, 3.05) is 0 Å². The van der Waals surface area contributed by atoms with E-state index in [4.69, 9.17) is 0 Å². The monoisotopic (exact) mass is 833 g/mol. The molecule has 1 N–H and O–H groups in total. The first kappa shape index (κ1) is 36.7. The van der Waals surface area contributed by atoms with Crippen molar-refractivity contribution < 1.29 is 0 Å². The molecule has 0 amide bonds. The fraction of sp³-hybridized carbons (Fsp3) is 0.234. The average Bonchev–Trinajstić information content (AvgIpc) is 3.87. The first-order chi connectivity index (χ1) is 32.1. The summed E-state index contributed by atoms with van der Waals surface area (Å²) >= 11 is 0. The van der Waals surface area contributed by atoms with Crippen LogP contribution in [0.2, 0.25) is 0 Å². The van der Waals surface area contributed by atoms with Crippen LogP contribution in [0.4, 0.5) is 0 Å². The lowest BCUT2D eigenvalue weighted by Gasteiger charge is -2.34. The maximum absolute atomic E-state index is 10.5. The third kappa shape index (κ3) is 4.97. The van der Waals surface area contributed by atoms with Crippen molar-refractivity contribution in [1.82, 2.24) is 0 Å². The van der Waals surface area contributed by atoms with Crippen LogP contribution in [-0.4, -0.2) is 5.71 Å². The molecule has 10 aliphatic carbocycles. The zero-order valence-corrected chi connectivity index (χ0v) is 37.1. The molecule has 0 spiro atoms. The molecule has 0 fully saturated rings. The predicted octanol–water partition coefficient (Wildman–Crippen LogP) is 16.4. The highest BCUT2D eigenvalue weighted by atomic mass is 14.5. The number of hydrogen-bond acceptors (Lipinski definition) is 1. The zero-order valence-electron chi connectivity index (χ0n) is 37.1. The minimum atomic E-state index is 0.291. The molecule has 0 bridgehead atoms. The van der Waals surface area contributed by atoms with Crippen LogP contribution in [0.25, 0.3) is 60.5 Å². The Kier molecular flexibility index (Phi) is 7.62. The highest BCUT2D eigenvalue weighted by molar-refractivity contribution is 6.31. The Labute approximate surface area is 382 Å².